The number of carbonyl (C=O) groups is 1. The Labute approximate surface area is 154 Å². The van der Waals surface area contributed by atoms with Crippen molar-refractivity contribution < 1.29 is 19.7 Å². The van der Waals surface area contributed by atoms with Crippen LogP contribution >= 0.6 is 0 Å². The highest BCUT2D eigenvalue weighted by Crippen LogP contribution is 2.60. The number of phenols is 1. The van der Waals surface area contributed by atoms with Crippen LogP contribution in [0.4, 0.5) is 0 Å². The second kappa shape index (κ2) is 5.46. The summed E-state index contributed by atoms with van der Waals surface area (Å²) in [5, 5.41) is 22.4. The molecular formula is C21H27NO4. The smallest absolute Gasteiger partial charge is 0.164 e. The third kappa shape index (κ3) is 2.07. The largest absolute Gasteiger partial charge is 0.504 e. The number of rotatable bonds is 3. The number of piperidine rings is 1. The highest BCUT2D eigenvalue weighted by molar-refractivity contribution is 5.83. The van der Waals surface area contributed by atoms with Gasteiger partial charge in [0.15, 0.2) is 11.5 Å². The van der Waals surface area contributed by atoms with Gasteiger partial charge in [0.2, 0.25) is 0 Å². The number of ether oxygens (including phenoxy) is 1. The molecule has 4 aliphatic rings. The number of nitrogens with zero attached hydrogens (tertiary/aromatic N) is 1. The molecular weight excluding hydrogens is 330 g/mol. The summed E-state index contributed by atoms with van der Waals surface area (Å²) in [6.45, 7) is 1.95. The van der Waals surface area contributed by atoms with Crippen LogP contribution in [0.3, 0.4) is 0 Å². The van der Waals surface area contributed by atoms with Gasteiger partial charge in [-0.1, -0.05) is 6.07 Å². The van der Waals surface area contributed by atoms with Gasteiger partial charge in [-0.05, 0) is 56.2 Å². The minimum atomic E-state index is -0.928. The Morgan fingerprint density at radius 2 is 2.12 bits per heavy atom. The summed E-state index contributed by atoms with van der Waals surface area (Å²) in [4.78, 5) is 15.0. The van der Waals surface area contributed by atoms with Gasteiger partial charge < -0.3 is 14.9 Å². The number of likely N-dealkylation sites (tertiary alicyclic amines) is 1. The molecule has 5 rings (SSSR count). The van der Waals surface area contributed by atoms with Crippen molar-refractivity contribution in [3.8, 4) is 11.5 Å². The topological polar surface area (TPSA) is 70.0 Å². The van der Waals surface area contributed by atoms with Gasteiger partial charge in [0.1, 0.15) is 5.78 Å². The van der Waals surface area contributed by atoms with Gasteiger partial charge in [-0.15, -0.1) is 0 Å². The second-order valence-corrected chi connectivity index (χ2v) is 8.78. The van der Waals surface area contributed by atoms with Gasteiger partial charge in [0, 0.05) is 36.4 Å². The van der Waals surface area contributed by atoms with E-state index in [9.17, 15) is 15.0 Å². The summed E-state index contributed by atoms with van der Waals surface area (Å²) >= 11 is 0. The van der Waals surface area contributed by atoms with Crippen molar-refractivity contribution in [3.63, 3.8) is 0 Å². The Bertz CT molecular complexity index is 774. The third-order valence-corrected chi connectivity index (χ3v) is 7.44. The van der Waals surface area contributed by atoms with Gasteiger partial charge in [-0.25, -0.2) is 0 Å². The van der Waals surface area contributed by atoms with Crippen molar-refractivity contribution in [1.29, 1.82) is 0 Å². The molecule has 2 saturated carbocycles. The molecule has 1 aromatic carbocycles. The number of Topliss-reactive ketones (excluding diaryl/α,β-unsaturated/α-hetero) is 1. The number of fused-ring (bicyclic) bond motifs is 1. The predicted octanol–water partition coefficient (Wildman–Crippen LogP) is 2.16. The average Bonchev–Trinajstić information content (AvgIpc) is 3.42. The minimum absolute atomic E-state index is 0.0479. The van der Waals surface area contributed by atoms with E-state index in [0.29, 0.717) is 25.0 Å². The molecule has 2 bridgehead atoms. The summed E-state index contributed by atoms with van der Waals surface area (Å²) in [5.74, 6) is 1.53. The first-order valence-electron chi connectivity index (χ1n) is 9.86. The molecule has 0 spiro atoms. The van der Waals surface area contributed by atoms with E-state index >= 15 is 0 Å². The lowest BCUT2D eigenvalue weighted by Gasteiger charge is -2.63. The first-order valence-corrected chi connectivity index (χ1v) is 9.86. The lowest BCUT2D eigenvalue weighted by atomic mass is 9.49. The molecule has 1 saturated heterocycles. The van der Waals surface area contributed by atoms with Crippen LogP contribution in [0.25, 0.3) is 0 Å². The number of phenolic OH excluding ortho intramolecular Hbond substituents is 1. The number of methoxy groups -OCH3 is 1. The summed E-state index contributed by atoms with van der Waals surface area (Å²) in [7, 11) is 1.56. The van der Waals surface area contributed by atoms with Gasteiger partial charge >= 0.3 is 0 Å². The Morgan fingerprint density at radius 3 is 2.85 bits per heavy atom. The van der Waals surface area contributed by atoms with E-state index in [1.54, 1.807) is 13.2 Å². The Morgan fingerprint density at radius 1 is 1.31 bits per heavy atom. The second-order valence-electron chi connectivity index (χ2n) is 8.78. The Balaban J connectivity index is 1.70. The quantitative estimate of drug-likeness (QED) is 0.868. The molecule has 1 aliphatic heterocycles. The Hall–Kier alpha value is -1.59. The highest BCUT2D eigenvalue weighted by atomic mass is 16.5. The van der Waals surface area contributed by atoms with Gasteiger partial charge in [0.05, 0.1) is 12.7 Å². The summed E-state index contributed by atoms with van der Waals surface area (Å²) in [6, 6.07) is 3.69. The van der Waals surface area contributed by atoms with E-state index in [1.807, 2.05) is 6.07 Å². The summed E-state index contributed by atoms with van der Waals surface area (Å²) < 4.78 is 5.57. The molecule has 0 radical (unpaired) electrons. The molecule has 26 heavy (non-hydrogen) atoms. The fraction of sp³-hybridized carbons (Fsp3) is 0.667. The molecule has 1 heterocycles. The number of ketones is 1. The normalized spacial score (nSPS) is 36.4. The number of aromatic hydroxyl groups is 1. The number of aliphatic hydroxyl groups is 1. The average molecular weight is 357 g/mol. The molecule has 3 aliphatic carbocycles. The molecule has 0 aromatic heterocycles. The zero-order chi connectivity index (χ0) is 18.1. The molecule has 3 atom stereocenters. The maximum Gasteiger partial charge on any atom is 0.164 e. The third-order valence-electron chi connectivity index (χ3n) is 7.44. The molecule has 0 amide bonds. The first-order chi connectivity index (χ1) is 12.5. The van der Waals surface area contributed by atoms with Crippen molar-refractivity contribution in [3.05, 3.63) is 23.3 Å². The standard InChI is InChI=1S/C21H27NO4/c1-26-19-16(24)5-4-14-10-17-21(25)7-6-15(23)11-20(21,18(14)19)8-9-22(17)12-13-2-3-13/h4-5,13,17,24-25H,2-3,6-12H2,1H3/t17?,20?,21-/m1/s1. The van der Waals surface area contributed by atoms with E-state index in [-0.39, 0.29) is 17.6 Å². The lowest BCUT2D eigenvalue weighted by molar-refractivity contribution is -0.173. The van der Waals surface area contributed by atoms with E-state index in [0.717, 1.165) is 43.0 Å². The fourth-order valence-electron chi connectivity index (χ4n) is 6.03. The van der Waals surface area contributed by atoms with Crippen LogP contribution < -0.4 is 4.74 Å². The maximum atomic E-state index is 12.5. The summed E-state index contributed by atoms with van der Waals surface area (Å²) in [6.07, 6.45) is 5.39. The lowest BCUT2D eigenvalue weighted by Crippen LogP contribution is -2.73. The molecule has 140 valence electrons. The summed E-state index contributed by atoms with van der Waals surface area (Å²) in [5.41, 5.74) is 0.440. The molecule has 5 heteroatoms. The maximum absolute atomic E-state index is 12.5. The number of hydrogen-bond acceptors (Lipinski definition) is 5. The van der Waals surface area contributed by atoms with Gasteiger partial charge in [0.25, 0.3) is 0 Å². The van der Waals surface area contributed by atoms with Gasteiger partial charge in [-0.2, -0.15) is 0 Å². The van der Waals surface area contributed by atoms with Crippen LogP contribution in [-0.2, 0) is 16.6 Å². The van der Waals surface area contributed by atoms with Crippen molar-refractivity contribution >= 4 is 5.78 Å². The van der Waals surface area contributed by atoms with Crippen LogP contribution in [-0.4, -0.2) is 52.7 Å². The molecule has 3 fully saturated rings. The van der Waals surface area contributed by atoms with Crippen molar-refractivity contribution in [2.24, 2.45) is 5.92 Å². The van der Waals surface area contributed by atoms with Crippen LogP contribution in [0.2, 0.25) is 0 Å². The number of benzene rings is 1. The Kier molecular flexibility index (Phi) is 3.48. The minimum Gasteiger partial charge on any atom is -0.504 e. The van der Waals surface area contributed by atoms with E-state index in [4.69, 9.17) is 4.74 Å². The van der Waals surface area contributed by atoms with Crippen LogP contribution in [0, 0.1) is 5.92 Å². The van der Waals surface area contributed by atoms with Crippen LogP contribution in [0.15, 0.2) is 12.1 Å². The number of hydrogen-bond donors (Lipinski definition) is 2. The van der Waals surface area contributed by atoms with Crippen molar-refractivity contribution in [2.45, 2.75) is 62.0 Å². The van der Waals surface area contributed by atoms with Gasteiger partial charge in [-0.3, -0.25) is 9.69 Å². The molecule has 2 N–H and O–H groups in total. The van der Waals surface area contributed by atoms with E-state index < -0.39 is 11.0 Å². The molecule has 2 unspecified atom stereocenters. The monoisotopic (exact) mass is 357 g/mol. The first kappa shape index (κ1) is 16.6. The van der Waals surface area contributed by atoms with E-state index in [2.05, 4.69) is 4.90 Å². The highest BCUT2D eigenvalue weighted by Gasteiger charge is 2.65. The van der Waals surface area contributed by atoms with Crippen molar-refractivity contribution in [1.82, 2.24) is 4.90 Å². The SMILES string of the molecule is COc1c(O)ccc2c1C13CCN(CC4CC4)C(C2)[C@]1(O)CCC(=O)C3. The molecule has 5 nitrogen and oxygen atoms in total. The molecule has 1 aromatic rings. The zero-order valence-corrected chi connectivity index (χ0v) is 15.3. The van der Waals surface area contributed by atoms with E-state index in [1.165, 1.54) is 12.8 Å². The van der Waals surface area contributed by atoms with Crippen molar-refractivity contribution in [2.75, 3.05) is 20.2 Å². The fourth-order valence-corrected chi connectivity index (χ4v) is 6.03. The van der Waals surface area contributed by atoms with Crippen LogP contribution in [0.1, 0.15) is 49.7 Å². The number of carbonyl (C=O) groups excluding carboxylic acids is 1. The predicted molar refractivity (Wildman–Crippen MR) is 96.6 cm³/mol. The van der Waals surface area contributed by atoms with Crippen LogP contribution in [0.5, 0.6) is 11.5 Å². The zero-order valence-electron chi connectivity index (χ0n) is 15.3.